The quantitative estimate of drug-likeness (QED) is 0.881. The zero-order valence-corrected chi connectivity index (χ0v) is 11.7. The second kappa shape index (κ2) is 6.61. The number of rotatable bonds is 6. The summed E-state index contributed by atoms with van der Waals surface area (Å²) in [5.41, 5.74) is 0.0870. The van der Waals surface area contributed by atoms with Crippen molar-refractivity contribution < 1.29 is 8.78 Å². The lowest BCUT2D eigenvalue weighted by Crippen LogP contribution is -2.27. The van der Waals surface area contributed by atoms with Crippen LogP contribution in [0.1, 0.15) is 30.8 Å². The van der Waals surface area contributed by atoms with Crippen molar-refractivity contribution in [3.05, 3.63) is 53.6 Å². The van der Waals surface area contributed by atoms with Crippen molar-refractivity contribution in [2.45, 2.75) is 25.8 Å². The lowest BCUT2D eigenvalue weighted by atomic mass is 10.0. The lowest BCUT2D eigenvalue weighted by Gasteiger charge is -2.20. The van der Waals surface area contributed by atoms with Gasteiger partial charge in [-0.1, -0.05) is 13.0 Å². The van der Waals surface area contributed by atoms with Gasteiger partial charge in [0.1, 0.15) is 17.5 Å². The molecule has 1 aromatic carbocycles. The summed E-state index contributed by atoms with van der Waals surface area (Å²) in [5, 5.41) is 3.20. The second-order valence-electron chi connectivity index (χ2n) is 4.80. The van der Waals surface area contributed by atoms with Gasteiger partial charge >= 0.3 is 0 Å². The van der Waals surface area contributed by atoms with Gasteiger partial charge in [-0.25, -0.2) is 13.8 Å². The molecular formula is C15H19F2N3. The highest BCUT2D eigenvalue weighted by atomic mass is 19.1. The fourth-order valence-corrected chi connectivity index (χ4v) is 2.21. The fraction of sp³-hybridized carbons (Fsp3) is 0.400. The molecule has 0 bridgehead atoms. The average molecular weight is 279 g/mol. The van der Waals surface area contributed by atoms with Crippen LogP contribution in [0, 0.1) is 11.6 Å². The first-order chi connectivity index (χ1) is 9.63. The number of nitrogens with zero attached hydrogens (tertiary/aromatic N) is 2. The van der Waals surface area contributed by atoms with Crippen molar-refractivity contribution in [2.75, 3.05) is 6.54 Å². The van der Waals surface area contributed by atoms with E-state index in [9.17, 15) is 8.78 Å². The third-order valence-electron chi connectivity index (χ3n) is 3.30. The van der Waals surface area contributed by atoms with E-state index in [4.69, 9.17) is 0 Å². The van der Waals surface area contributed by atoms with Gasteiger partial charge in [0.2, 0.25) is 0 Å². The smallest absolute Gasteiger partial charge is 0.130 e. The van der Waals surface area contributed by atoms with Gasteiger partial charge in [-0.05, 0) is 25.1 Å². The topological polar surface area (TPSA) is 29.9 Å². The van der Waals surface area contributed by atoms with Crippen molar-refractivity contribution in [2.24, 2.45) is 7.05 Å². The van der Waals surface area contributed by atoms with Crippen LogP contribution < -0.4 is 5.32 Å². The molecule has 0 radical (unpaired) electrons. The van der Waals surface area contributed by atoms with Gasteiger partial charge in [0, 0.05) is 37.5 Å². The predicted octanol–water partition coefficient (Wildman–Crippen LogP) is 2.98. The summed E-state index contributed by atoms with van der Waals surface area (Å²) >= 11 is 0. The molecule has 0 amide bonds. The maximum absolute atomic E-state index is 13.9. The number of nitrogens with one attached hydrogen (secondary N) is 1. The molecule has 1 unspecified atom stereocenters. The zero-order valence-electron chi connectivity index (χ0n) is 11.7. The van der Waals surface area contributed by atoms with E-state index >= 15 is 0 Å². The normalized spacial score (nSPS) is 12.6. The zero-order chi connectivity index (χ0) is 14.5. The number of aromatic nitrogens is 2. The minimum absolute atomic E-state index is 0.0870. The first-order valence-corrected chi connectivity index (χ1v) is 6.77. The summed E-state index contributed by atoms with van der Waals surface area (Å²) < 4.78 is 29.8. The summed E-state index contributed by atoms with van der Waals surface area (Å²) in [7, 11) is 1.87. The first-order valence-electron chi connectivity index (χ1n) is 6.77. The Bertz CT molecular complexity index is 546. The Balaban J connectivity index is 2.30. The van der Waals surface area contributed by atoms with Crippen LogP contribution >= 0.6 is 0 Å². The summed E-state index contributed by atoms with van der Waals surface area (Å²) in [5.74, 6) is -0.248. The molecule has 0 spiro atoms. The van der Waals surface area contributed by atoms with Gasteiger partial charge in [0.25, 0.3) is 0 Å². The summed E-state index contributed by atoms with van der Waals surface area (Å²) in [6.07, 6.45) is 4.85. The Morgan fingerprint density at radius 3 is 2.55 bits per heavy atom. The Morgan fingerprint density at radius 2 is 2.00 bits per heavy atom. The molecule has 108 valence electrons. The van der Waals surface area contributed by atoms with Gasteiger partial charge < -0.3 is 9.88 Å². The van der Waals surface area contributed by atoms with Gasteiger partial charge in [-0.2, -0.15) is 0 Å². The number of imidazole rings is 1. The van der Waals surface area contributed by atoms with Gasteiger partial charge in [0.15, 0.2) is 0 Å². The molecule has 1 N–H and O–H groups in total. The number of hydrogen-bond donors (Lipinski definition) is 1. The van der Waals surface area contributed by atoms with Crippen LogP contribution in [0.2, 0.25) is 0 Å². The van der Waals surface area contributed by atoms with Crippen molar-refractivity contribution >= 4 is 0 Å². The molecule has 20 heavy (non-hydrogen) atoms. The SMILES string of the molecule is CCCNC(Cc1nccn1C)c1c(F)cccc1F. The minimum atomic E-state index is -0.521. The molecule has 3 nitrogen and oxygen atoms in total. The van der Waals surface area contributed by atoms with E-state index in [-0.39, 0.29) is 5.56 Å². The fourth-order valence-electron chi connectivity index (χ4n) is 2.21. The third kappa shape index (κ3) is 3.22. The number of halogens is 2. The number of hydrogen-bond acceptors (Lipinski definition) is 2. The van der Waals surface area contributed by atoms with E-state index in [0.29, 0.717) is 13.0 Å². The van der Waals surface area contributed by atoms with Gasteiger partial charge in [-0.15, -0.1) is 0 Å². The van der Waals surface area contributed by atoms with Crippen LogP contribution in [0.5, 0.6) is 0 Å². The Morgan fingerprint density at radius 1 is 1.30 bits per heavy atom. The van der Waals surface area contributed by atoms with E-state index < -0.39 is 17.7 Å². The van der Waals surface area contributed by atoms with Crippen LogP contribution in [-0.4, -0.2) is 16.1 Å². The molecular weight excluding hydrogens is 260 g/mol. The Hall–Kier alpha value is -1.75. The maximum Gasteiger partial charge on any atom is 0.130 e. The van der Waals surface area contributed by atoms with Crippen molar-refractivity contribution in [1.82, 2.24) is 14.9 Å². The largest absolute Gasteiger partial charge is 0.338 e. The summed E-state index contributed by atoms with van der Waals surface area (Å²) in [4.78, 5) is 4.23. The average Bonchev–Trinajstić information content (AvgIpc) is 2.81. The molecule has 0 saturated carbocycles. The monoisotopic (exact) mass is 279 g/mol. The van der Waals surface area contributed by atoms with E-state index in [2.05, 4.69) is 10.3 Å². The molecule has 0 aliphatic rings. The van der Waals surface area contributed by atoms with Gasteiger partial charge in [-0.3, -0.25) is 0 Å². The highest BCUT2D eigenvalue weighted by molar-refractivity contribution is 5.24. The Labute approximate surface area is 117 Å². The van der Waals surface area contributed by atoms with Crippen LogP contribution in [0.3, 0.4) is 0 Å². The van der Waals surface area contributed by atoms with Crippen molar-refractivity contribution in [3.8, 4) is 0 Å². The first kappa shape index (κ1) is 14.7. The molecule has 1 aromatic heterocycles. The van der Waals surface area contributed by atoms with Crippen LogP contribution in [-0.2, 0) is 13.5 Å². The van der Waals surface area contributed by atoms with Crippen LogP contribution in [0.4, 0.5) is 8.78 Å². The number of benzene rings is 1. The molecule has 2 rings (SSSR count). The Kier molecular flexibility index (Phi) is 4.84. The molecule has 0 saturated heterocycles. The molecule has 1 heterocycles. The molecule has 0 aliphatic carbocycles. The minimum Gasteiger partial charge on any atom is -0.338 e. The van der Waals surface area contributed by atoms with E-state index in [1.807, 2.05) is 24.7 Å². The van der Waals surface area contributed by atoms with E-state index in [1.54, 1.807) is 6.20 Å². The van der Waals surface area contributed by atoms with Crippen molar-refractivity contribution in [3.63, 3.8) is 0 Å². The van der Waals surface area contributed by atoms with E-state index in [1.165, 1.54) is 18.2 Å². The predicted molar refractivity (Wildman–Crippen MR) is 74.3 cm³/mol. The van der Waals surface area contributed by atoms with E-state index in [0.717, 1.165) is 12.2 Å². The lowest BCUT2D eigenvalue weighted by molar-refractivity contribution is 0.455. The molecule has 0 aliphatic heterocycles. The van der Waals surface area contributed by atoms with Gasteiger partial charge in [0.05, 0.1) is 0 Å². The third-order valence-corrected chi connectivity index (χ3v) is 3.30. The number of aryl methyl sites for hydroxylation is 1. The van der Waals surface area contributed by atoms with Crippen molar-refractivity contribution in [1.29, 1.82) is 0 Å². The second-order valence-corrected chi connectivity index (χ2v) is 4.80. The molecule has 5 heteroatoms. The summed E-state index contributed by atoms with van der Waals surface area (Å²) in [6, 6.07) is 3.54. The van der Waals surface area contributed by atoms with Crippen LogP contribution in [0.15, 0.2) is 30.6 Å². The molecule has 2 aromatic rings. The highest BCUT2D eigenvalue weighted by Crippen LogP contribution is 2.23. The standard InChI is InChI=1S/C15H19F2N3/c1-3-7-18-13(10-14-19-8-9-20(14)2)15-11(16)5-4-6-12(15)17/h4-6,8-9,13,18H,3,7,10H2,1-2H3. The molecule has 1 atom stereocenters. The van der Waals surface area contributed by atoms with Crippen LogP contribution in [0.25, 0.3) is 0 Å². The highest BCUT2D eigenvalue weighted by Gasteiger charge is 2.21. The molecule has 0 fully saturated rings. The summed E-state index contributed by atoms with van der Waals surface area (Å²) in [6.45, 7) is 2.71. The maximum atomic E-state index is 13.9.